The molecule has 0 aliphatic heterocycles. The van der Waals surface area contributed by atoms with Crippen LogP contribution in [0.3, 0.4) is 0 Å². The molecule has 784 valence electrons. The van der Waals surface area contributed by atoms with Gasteiger partial charge in [-0.3, -0.25) is 57.6 Å². The SMILES string of the molecule is CC(F)(F)Oc1ccc(C(=O)CC23CC(NC(=O)COc4ccc(Cl)cc4)(C2)C3)cn1.CCc1cc(C(=O)NC23CCC(NC(=O)COc4ccc(Cl)c(F)c4)(C2)C3)n(C)n1.COCc1cncc(C(=O)CC23CC(NC(=O)COc4ccc(Cl)c(Cl)c4)(C2)C3)c1.Cc1cc(OCC(=O)CC23CC(NC(=O)c4cnco4)(C2)C3)ccc1Cl.Cc1nc(C(=O)NC23CCC(NC(=O)COc4ccc(Cl)c(F)c4)(CC2)[C@@H](C)C3)cs1. The summed E-state index contributed by atoms with van der Waals surface area (Å²) in [5.74, 6) is -0.158. The third-order valence-corrected chi connectivity index (χ3v) is 32.1. The van der Waals surface area contributed by atoms with Crippen molar-refractivity contribution >= 4 is 140 Å². The van der Waals surface area contributed by atoms with E-state index in [1.807, 2.05) is 39.0 Å². The van der Waals surface area contributed by atoms with Crippen molar-refractivity contribution in [3.05, 3.63) is 250 Å². The highest BCUT2D eigenvalue weighted by Crippen LogP contribution is 2.71. The molecule has 42 heteroatoms. The van der Waals surface area contributed by atoms with E-state index in [1.165, 1.54) is 72.6 Å². The first-order valence-electron chi connectivity index (χ1n) is 48.3. The van der Waals surface area contributed by atoms with E-state index in [2.05, 4.69) is 73.9 Å². The van der Waals surface area contributed by atoms with Gasteiger partial charge >= 0.3 is 6.11 Å². The van der Waals surface area contributed by atoms with E-state index < -0.39 is 17.7 Å². The van der Waals surface area contributed by atoms with E-state index in [0.717, 1.165) is 137 Å². The Morgan fingerprint density at radius 1 is 0.493 bits per heavy atom. The second-order valence-electron chi connectivity index (χ2n) is 41.3. The normalized spacial score (nSPS) is 24.9. The van der Waals surface area contributed by atoms with Crippen LogP contribution in [0.1, 0.15) is 230 Å². The summed E-state index contributed by atoms with van der Waals surface area (Å²) in [7, 11) is 3.37. The molecule has 25 rings (SSSR count). The van der Waals surface area contributed by atoms with Gasteiger partial charge < -0.3 is 74.8 Å². The zero-order valence-electron chi connectivity index (χ0n) is 82.1. The van der Waals surface area contributed by atoms with Crippen LogP contribution >= 0.6 is 80.9 Å². The lowest BCUT2D eigenvalue weighted by atomic mass is 9.38. The zero-order valence-corrected chi connectivity index (χ0v) is 87.5. The number of carbonyl (C=O) groups excluding carboxylic acids is 10. The van der Waals surface area contributed by atoms with Crippen LogP contribution in [0.25, 0.3) is 0 Å². The van der Waals surface area contributed by atoms with Crippen molar-refractivity contribution in [3.63, 3.8) is 0 Å². The Morgan fingerprint density at radius 2 is 0.980 bits per heavy atom. The molecule has 15 saturated carbocycles. The average Bonchev–Trinajstić information content (AvgIpc) is 0.862. The number of oxazole rings is 1. The maximum absolute atomic E-state index is 13.5. The summed E-state index contributed by atoms with van der Waals surface area (Å²) >= 11 is 36.4. The van der Waals surface area contributed by atoms with Gasteiger partial charge in [0.1, 0.15) is 58.4 Å². The number of benzene rings is 5. The molecule has 0 radical (unpaired) electrons. The molecular weight excluding hydrogens is 2060 g/mol. The molecule has 7 amide bonds. The molecule has 15 aliphatic carbocycles. The van der Waals surface area contributed by atoms with Crippen molar-refractivity contribution in [3.8, 4) is 34.6 Å². The van der Waals surface area contributed by atoms with Crippen LogP contribution < -0.4 is 65.6 Å². The highest BCUT2D eigenvalue weighted by Gasteiger charge is 2.71. The molecule has 0 unspecified atom stereocenters. The van der Waals surface area contributed by atoms with Crippen LogP contribution in [0.15, 0.2) is 162 Å². The van der Waals surface area contributed by atoms with Gasteiger partial charge in [-0.2, -0.15) is 13.9 Å². The van der Waals surface area contributed by atoms with Crippen LogP contribution in [-0.4, -0.2) is 173 Å². The van der Waals surface area contributed by atoms with Crippen LogP contribution in [0.4, 0.5) is 17.6 Å². The summed E-state index contributed by atoms with van der Waals surface area (Å²) in [5, 5.41) is 30.7. The number of aromatic nitrogens is 6. The predicted octanol–water partition coefficient (Wildman–Crippen LogP) is 19.0. The Balaban J connectivity index is 0.000000132. The number of ether oxygens (including phenoxy) is 7. The van der Waals surface area contributed by atoms with Gasteiger partial charge in [0.05, 0.1) is 43.6 Å². The van der Waals surface area contributed by atoms with E-state index >= 15 is 0 Å². The van der Waals surface area contributed by atoms with Gasteiger partial charge in [-0.15, -0.1) is 11.3 Å². The minimum absolute atomic E-state index is 0.00143. The third kappa shape index (κ3) is 26.1. The molecular formula is C106H111Cl6F4N13O18S. The summed E-state index contributed by atoms with van der Waals surface area (Å²) in [4.78, 5) is 140. The molecule has 31 nitrogen and oxygen atoms in total. The van der Waals surface area contributed by atoms with Crippen molar-refractivity contribution in [2.24, 2.45) is 29.2 Å². The van der Waals surface area contributed by atoms with Gasteiger partial charge in [0.25, 0.3) is 41.4 Å². The summed E-state index contributed by atoms with van der Waals surface area (Å²) in [6.07, 6.45) is 20.0. The maximum atomic E-state index is 13.5. The van der Waals surface area contributed by atoms with E-state index in [4.69, 9.17) is 102 Å². The molecule has 10 aromatic rings. The lowest BCUT2D eigenvalue weighted by Gasteiger charge is -2.70. The van der Waals surface area contributed by atoms with Gasteiger partial charge in [-0.05, 0) is 266 Å². The van der Waals surface area contributed by atoms with E-state index in [1.54, 1.807) is 91.2 Å². The number of rotatable bonds is 38. The number of thiazole rings is 1. The van der Waals surface area contributed by atoms with Crippen molar-refractivity contribution in [1.82, 2.24) is 66.9 Å². The highest BCUT2D eigenvalue weighted by atomic mass is 35.5. The lowest BCUT2D eigenvalue weighted by Crippen LogP contribution is -2.75. The lowest BCUT2D eigenvalue weighted by molar-refractivity contribution is -0.165. The summed E-state index contributed by atoms with van der Waals surface area (Å²) < 4.78 is 96.1. The summed E-state index contributed by atoms with van der Waals surface area (Å²) in [6.45, 7) is 8.40. The summed E-state index contributed by atoms with van der Waals surface area (Å²) in [6, 6.07) is 31.5. The number of ketones is 3. The Labute approximate surface area is 884 Å². The number of fused-ring (bicyclic) bond motifs is 4. The fraction of sp³-hybridized carbons (Fsp3) is 0.443. The zero-order chi connectivity index (χ0) is 106. The van der Waals surface area contributed by atoms with Crippen LogP contribution in [-0.2, 0) is 48.8 Å². The largest absolute Gasteiger partial charge is 0.486 e. The monoisotopic (exact) mass is 2170 g/mol. The Morgan fingerprint density at radius 3 is 1.48 bits per heavy atom. The van der Waals surface area contributed by atoms with Gasteiger partial charge in [0, 0.05) is 149 Å². The van der Waals surface area contributed by atoms with Crippen LogP contribution in [0, 0.1) is 47.6 Å². The fourth-order valence-corrected chi connectivity index (χ4v) is 24.4. The van der Waals surface area contributed by atoms with Crippen molar-refractivity contribution in [2.45, 2.75) is 227 Å². The number of aryl methyl sites for hydroxylation is 4. The van der Waals surface area contributed by atoms with Gasteiger partial charge in [0.15, 0.2) is 50.2 Å². The van der Waals surface area contributed by atoms with Gasteiger partial charge in [0.2, 0.25) is 11.6 Å². The number of halogens is 10. The molecule has 15 fully saturated rings. The van der Waals surface area contributed by atoms with E-state index in [0.29, 0.717) is 105 Å². The number of methoxy groups -OCH3 is 1. The number of nitrogens with zero attached hydrogens (tertiary/aromatic N) is 6. The fourth-order valence-electron chi connectivity index (χ4n) is 23.1. The van der Waals surface area contributed by atoms with Crippen LogP contribution in [0.5, 0.6) is 34.6 Å². The standard InChI is InChI=1S/C22H22Cl2N2O4.C22H21ClF2N2O4.C22H25ClFN3O3S.C21H24ClFN4O3.C19H19ClN2O4/c1-29-9-14-4-15(8-25-7-14)19(27)6-21-11-22(12-21,13-21)26-20(28)10-30-16-2-3-17(23)18(24)5-16;1-20(24,25)31-19-7-2-14(9-26-19)17(28)8-21-11-22(12-21,13-21)27-18(29)10-30-16-5-3-15(23)4-6-16;1-13-10-21(27-20(29)18-12-31-14(2)25-18)5-7-22(13,8-6-21)26-19(28)11-30-15-3-4-16(23)17(24)9-15;1-3-13-8-17(27(2)26-13)19(29)25-21-7-6-20(11-21,12-21)24-18(28)10-30-14-4-5-15(22)16(23)9-14;1-12-4-14(2-3-15(12)20)25-7-13(23)5-18-8-19(9-18,10-18)22-17(24)16-6-21-11-26-16/h2-5,7-8H,6,9-13H2,1H3,(H,26,28);2-7,9H,8,10-13H2,1H3,(H,27,29);3-4,9,12-13H,5-8,10-11H2,1-2H3,(H,26,28)(H,27,29);4-5,8-9H,3,6-7,10-12H2,1-2H3,(H,24,28)(H,25,29);2-4,6,11H,5,7-10H2,1H3,(H,22,24)/t;;13-,21?,22?;;/m..0../s1. The number of hydrogen-bond acceptors (Lipinski definition) is 24. The molecule has 10 bridgehead atoms. The minimum Gasteiger partial charge on any atom is -0.486 e. The summed E-state index contributed by atoms with van der Waals surface area (Å²) in [5.41, 5.74) is 2.73. The number of nitrogens with one attached hydrogen (secondary N) is 7. The van der Waals surface area contributed by atoms with E-state index in [9.17, 15) is 65.5 Å². The van der Waals surface area contributed by atoms with E-state index in [-0.39, 0.29) is 186 Å². The topological polar surface area (TPSA) is 402 Å². The average molecular weight is 2180 g/mol. The first-order chi connectivity index (χ1) is 70.2. The molecule has 15 aliphatic rings. The predicted molar refractivity (Wildman–Crippen MR) is 542 cm³/mol. The van der Waals surface area contributed by atoms with Crippen LogP contribution in [0.2, 0.25) is 30.1 Å². The van der Waals surface area contributed by atoms with Crippen molar-refractivity contribution < 1.29 is 103 Å². The quantitative estimate of drug-likeness (QED) is 0.0140. The molecule has 5 heterocycles. The molecule has 5 aromatic heterocycles. The number of carbonyl (C=O) groups is 10. The molecule has 7 N–H and O–H groups in total. The number of pyridine rings is 2. The first kappa shape index (κ1) is 109. The van der Waals surface area contributed by atoms with Gasteiger partial charge in [-0.25, -0.2) is 23.7 Å². The van der Waals surface area contributed by atoms with Crippen molar-refractivity contribution in [2.75, 3.05) is 40.1 Å². The number of Topliss-reactive ketones (excluding diaryl/α,β-unsaturated/α-hetero) is 3. The maximum Gasteiger partial charge on any atom is 0.396 e. The number of alkyl halides is 2. The molecule has 5 aromatic carbocycles. The number of hydrogen-bond donors (Lipinski definition) is 7. The molecule has 0 saturated heterocycles. The first-order valence-corrected chi connectivity index (χ1v) is 51.4. The third-order valence-electron chi connectivity index (χ3n) is 29.3. The molecule has 148 heavy (non-hydrogen) atoms. The molecule has 1 atom stereocenters. The molecule has 0 spiro atoms. The van der Waals surface area contributed by atoms with Gasteiger partial charge in [-0.1, -0.05) is 83.5 Å². The Kier molecular flexibility index (Phi) is 32.5. The Hall–Kier alpha value is -12.0. The second kappa shape index (κ2) is 44.3. The Bertz CT molecular complexity index is 6620. The van der Waals surface area contributed by atoms with Crippen molar-refractivity contribution in [1.29, 1.82) is 0 Å². The number of amides is 7. The smallest absolute Gasteiger partial charge is 0.396 e. The minimum atomic E-state index is -3.33. The highest BCUT2D eigenvalue weighted by molar-refractivity contribution is 7.09. The second-order valence-corrected chi connectivity index (χ2v) is 44.9.